The van der Waals surface area contributed by atoms with Gasteiger partial charge in [-0.05, 0) is 41.8 Å². The van der Waals surface area contributed by atoms with Gasteiger partial charge in [0.05, 0.1) is 0 Å². The average Bonchev–Trinajstić information content (AvgIpc) is 3.06. The minimum Gasteiger partial charge on any atom is -0.356 e. The van der Waals surface area contributed by atoms with Crippen LogP contribution >= 0.6 is 15.9 Å². The molecule has 1 unspecified atom stereocenters. The summed E-state index contributed by atoms with van der Waals surface area (Å²) in [7, 11) is 0. The summed E-state index contributed by atoms with van der Waals surface area (Å²) in [6, 6.07) is 1.11. The zero-order chi connectivity index (χ0) is 12.4. The normalized spacial score (nSPS) is 16.4. The van der Waals surface area contributed by atoms with Crippen LogP contribution in [0.5, 0.6) is 0 Å². The highest BCUT2D eigenvalue weighted by molar-refractivity contribution is 9.10. The fourth-order valence-corrected chi connectivity index (χ4v) is 1.65. The van der Waals surface area contributed by atoms with E-state index in [1.165, 1.54) is 12.3 Å². The van der Waals surface area contributed by atoms with Crippen LogP contribution in [-0.4, -0.2) is 23.0 Å². The molecule has 2 N–H and O–H groups in total. The smallest absolute Gasteiger partial charge is 0.242 e. The van der Waals surface area contributed by atoms with E-state index in [2.05, 4.69) is 31.5 Å². The Labute approximate surface area is 107 Å². The molecule has 0 saturated heterocycles. The number of carbonyl (C=O) groups excluding carboxylic acids is 1. The van der Waals surface area contributed by atoms with E-state index in [-0.39, 0.29) is 11.7 Å². The molecule has 92 valence electrons. The van der Waals surface area contributed by atoms with Crippen molar-refractivity contribution in [3.8, 4) is 0 Å². The van der Waals surface area contributed by atoms with Crippen molar-refractivity contribution in [2.24, 2.45) is 0 Å². The van der Waals surface area contributed by atoms with Crippen LogP contribution in [0.25, 0.3) is 0 Å². The predicted molar refractivity (Wildman–Crippen MR) is 66.1 cm³/mol. The fraction of sp³-hybridized carbons (Fsp3) is 0.455. The molecule has 1 aromatic heterocycles. The van der Waals surface area contributed by atoms with E-state index in [9.17, 15) is 9.18 Å². The molecule has 1 aromatic rings. The van der Waals surface area contributed by atoms with E-state index in [0.717, 1.165) is 12.8 Å². The first-order chi connectivity index (χ1) is 8.06. The summed E-state index contributed by atoms with van der Waals surface area (Å²) >= 11 is 3.12. The quantitative estimate of drug-likeness (QED) is 0.895. The Morgan fingerprint density at radius 1 is 1.65 bits per heavy atom. The summed E-state index contributed by atoms with van der Waals surface area (Å²) in [6.07, 6.45) is 3.55. The molecule has 4 nitrogen and oxygen atoms in total. The van der Waals surface area contributed by atoms with Gasteiger partial charge in [0.2, 0.25) is 5.91 Å². The van der Waals surface area contributed by atoms with Gasteiger partial charge in [-0.25, -0.2) is 9.37 Å². The summed E-state index contributed by atoms with van der Waals surface area (Å²) in [4.78, 5) is 15.5. The van der Waals surface area contributed by atoms with E-state index in [1.54, 1.807) is 6.92 Å². The maximum atomic E-state index is 13.5. The lowest BCUT2D eigenvalue weighted by atomic mass is 10.3. The molecule has 1 saturated carbocycles. The van der Waals surface area contributed by atoms with E-state index in [4.69, 9.17) is 0 Å². The van der Waals surface area contributed by atoms with Crippen LogP contribution in [0.1, 0.15) is 19.8 Å². The second kappa shape index (κ2) is 5.00. The van der Waals surface area contributed by atoms with E-state index in [1.807, 2.05) is 0 Å². The number of nitrogens with one attached hydrogen (secondary N) is 2. The minimum absolute atomic E-state index is 0.0895. The van der Waals surface area contributed by atoms with Crippen molar-refractivity contribution >= 4 is 27.7 Å². The van der Waals surface area contributed by atoms with Crippen LogP contribution in [0, 0.1) is 5.82 Å². The molecular formula is C11H13BrFN3O. The lowest BCUT2D eigenvalue weighted by molar-refractivity contribution is -0.121. The number of amides is 1. The topological polar surface area (TPSA) is 54.0 Å². The molecule has 0 bridgehead atoms. The van der Waals surface area contributed by atoms with Crippen molar-refractivity contribution in [1.29, 1.82) is 0 Å². The van der Waals surface area contributed by atoms with Gasteiger partial charge in [0, 0.05) is 16.7 Å². The molecule has 1 fully saturated rings. The molecule has 1 amide bonds. The maximum Gasteiger partial charge on any atom is 0.242 e. The zero-order valence-corrected chi connectivity index (χ0v) is 10.9. The van der Waals surface area contributed by atoms with Crippen LogP contribution < -0.4 is 10.6 Å². The van der Waals surface area contributed by atoms with Gasteiger partial charge in [-0.15, -0.1) is 0 Å². The van der Waals surface area contributed by atoms with Crippen LogP contribution in [-0.2, 0) is 4.79 Å². The van der Waals surface area contributed by atoms with Crippen LogP contribution in [0.2, 0.25) is 0 Å². The molecule has 1 heterocycles. The first kappa shape index (κ1) is 12.3. The highest BCUT2D eigenvalue weighted by atomic mass is 79.9. The van der Waals surface area contributed by atoms with Gasteiger partial charge >= 0.3 is 0 Å². The Balaban J connectivity index is 1.96. The maximum absolute atomic E-state index is 13.5. The number of pyridine rings is 1. The number of hydrogen-bond donors (Lipinski definition) is 2. The molecule has 0 radical (unpaired) electrons. The number of halogens is 2. The number of hydrogen-bond acceptors (Lipinski definition) is 3. The standard InChI is InChI=1S/C11H13BrFN3O/c1-6(11(17)16-8-2-3-8)15-10-9(13)4-7(12)5-14-10/h4-6,8H,2-3H2,1H3,(H,14,15)(H,16,17). The Morgan fingerprint density at radius 2 is 2.35 bits per heavy atom. The summed E-state index contributed by atoms with van der Waals surface area (Å²) in [6.45, 7) is 1.68. The highest BCUT2D eigenvalue weighted by Crippen LogP contribution is 2.19. The molecule has 17 heavy (non-hydrogen) atoms. The van der Waals surface area contributed by atoms with Crippen molar-refractivity contribution in [2.75, 3.05) is 5.32 Å². The first-order valence-electron chi connectivity index (χ1n) is 5.44. The van der Waals surface area contributed by atoms with Gasteiger partial charge in [-0.3, -0.25) is 4.79 Å². The van der Waals surface area contributed by atoms with Crippen LogP contribution in [0.15, 0.2) is 16.7 Å². The predicted octanol–water partition coefficient (Wildman–Crippen LogP) is 2.06. The van der Waals surface area contributed by atoms with E-state index in [0.29, 0.717) is 10.5 Å². The Hall–Kier alpha value is -1.17. The number of anilines is 1. The molecule has 0 aliphatic heterocycles. The van der Waals surface area contributed by atoms with E-state index < -0.39 is 11.9 Å². The third kappa shape index (κ3) is 3.39. The highest BCUT2D eigenvalue weighted by Gasteiger charge is 2.25. The van der Waals surface area contributed by atoms with Gasteiger partial charge in [-0.2, -0.15) is 0 Å². The number of carbonyl (C=O) groups is 1. The Bertz CT molecular complexity index is 437. The fourth-order valence-electron chi connectivity index (χ4n) is 1.35. The van der Waals surface area contributed by atoms with Gasteiger partial charge in [-0.1, -0.05) is 0 Å². The second-order valence-electron chi connectivity index (χ2n) is 4.13. The van der Waals surface area contributed by atoms with Crippen molar-refractivity contribution in [1.82, 2.24) is 10.3 Å². The van der Waals surface area contributed by atoms with E-state index >= 15 is 0 Å². The SMILES string of the molecule is CC(Nc1ncc(Br)cc1F)C(=O)NC1CC1. The van der Waals surface area contributed by atoms with Gasteiger partial charge in [0.25, 0.3) is 0 Å². The third-order valence-electron chi connectivity index (χ3n) is 2.48. The van der Waals surface area contributed by atoms with Crippen molar-refractivity contribution in [3.05, 3.63) is 22.6 Å². The van der Waals surface area contributed by atoms with Crippen LogP contribution in [0.4, 0.5) is 10.2 Å². The van der Waals surface area contributed by atoms with Crippen molar-refractivity contribution in [3.63, 3.8) is 0 Å². The summed E-state index contributed by atoms with van der Waals surface area (Å²) in [5, 5.41) is 5.60. The number of rotatable bonds is 4. The molecule has 1 aliphatic carbocycles. The lowest BCUT2D eigenvalue weighted by Crippen LogP contribution is -2.39. The molecular weight excluding hydrogens is 289 g/mol. The number of aromatic nitrogens is 1. The summed E-state index contributed by atoms with van der Waals surface area (Å²) in [5.74, 6) is -0.520. The van der Waals surface area contributed by atoms with Gasteiger partial charge < -0.3 is 10.6 Å². The largest absolute Gasteiger partial charge is 0.356 e. The summed E-state index contributed by atoms with van der Waals surface area (Å²) in [5.41, 5.74) is 0. The molecule has 6 heteroatoms. The van der Waals surface area contributed by atoms with Gasteiger partial charge in [0.15, 0.2) is 11.6 Å². The minimum atomic E-state index is -0.501. The van der Waals surface area contributed by atoms with Crippen molar-refractivity contribution < 1.29 is 9.18 Å². The zero-order valence-electron chi connectivity index (χ0n) is 9.34. The van der Waals surface area contributed by atoms with Gasteiger partial charge in [0.1, 0.15) is 6.04 Å². The Morgan fingerprint density at radius 3 is 2.94 bits per heavy atom. The number of nitrogens with zero attached hydrogens (tertiary/aromatic N) is 1. The average molecular weight is 302 g/mol. The Kier molecular flexibility index (Phi) is 3.61. The van der Waals surface area contributed by atoms with Crippen molar-refractivity contribution in [2.45, 2.75) is 31.8 Å². The monoisotopic (exact) mass is 301 g/mol. The van der Waals surface area contributed by atoms with Crippen LogP contribution in [0.3, 0.4) is 0 Å². The lowest BCUT2D eigenvalue weighted by Gasteiger charge is -2.14. The molecule has 2 rings (SSSR count). The second-order valence-corrected chi connectivity index (χ2v) is 5.05. The first-order valence-corrected chi connectivity index (χ1v) is 6.23. The molecule has 1 aliphatic rings. The molecule has 0 aromatic carbocycles. The third-order valence-corrected chi connectivity index (χ3v) is 2.91. The molecule has 1 atom stereocenters. The molecule has 0 spiro atoms. The summed E-state index contributed by atoms with van der Waals surface area (Å²) < 4.78 is 14.0.